The summed E-state index contributed by atoms with van der Waals surface area (Å²) in [6.45, 7) is 3.31. The molecular formula is C6H13FN6. The topological polar surface area (TPSA) is 89.5 Å². The van der Waals surface area contributed by atoms with Gasteiger partial charge in [0, 0.05) is 0 Å². The molecule has 1 aliphatic heterocycles. The van der Waals surface area contributed by atoms with Crippen LogP contribution in [0.3, 0.4) is 0 Å². The van der Waals surface area contributed by atoms with Crippen molar-refractivity contribution in [3.63, 3.8) is 0 Å². The number of nitrogens with two attached hydrogens (primary N) is 1. The standard InChI is InChI=1S/C6H13FN6/c1-3(2)13(7)6-4(8)5(9)10-12-11-6/h3,5,8,10,12H,9H2,1-2H3. The molecule has 0 radical (unpaired) electrons. The fraction of sp³-hybridized carbons (Fsp3) is 0.667. The fourth-order valence-electron chi connectivity index (χ4n) is 0.834. The maximum atomic E-state index is 13.3. The molecule has 1 aliphatic rings. The van der Waals surface area contributed by atoms with Crippen molar-refractivity contribution in [3.8, 4) is 0 Å². The van der Waals surface area contributed by atoms with Crippen molar-refractivity contribution in [1.82, 2.24) is 16.1 Å². The first-order chi connectivity index (χ1) is 6.04. The van der Waals surface area contributed by atoms with Crippen molar-refractivity contribution >= 4 is 11.5 Å². The summed E-state index contributed by atoms with van der Waals surface area (Å²) < 4.78 is 13.3. The number of hydrogen-bond donors (Lipinski definition) is 4. The van der Waals surface area contributed by atoms with Crippen LogP contribution >= 0.6 is 0 Å². The summed E-state index contributed by atoms with van der Waals surface area (Å²) in [7, 11) is 0. The maximum absolute atomic E-state index is 13.3. The third kappa shape index (κ3) is 1.93. The van der Waals surface area contributed by atoms with Crippen molar-refractivity contribution < 1.29 is 4.48 Å². The minimum atomic E-state index is -0.732. The van der Waals surface area contributed by atoms with Crippen molar-refractivity contribution in [2.45, 2.75) is 26.1 Å². The Morgan fingerprint density at radius 1 is 1.69 bits per heavy atom. The van der Waals surface area contributed by atoms with Crippen molar-refractivity contribution in [3.05, 3.63) is 0 Å². The molecule has 0 aromatic carbocycles. The fourth-order valence-corrected chi connectivity index (χ4v) is 0.834. The highest BCUT2D eigenvalue weighted by Crippen LogP contribution is 2.04. The maximum Gasteiger partial charge on any atom is 0.202 e. The van der Waals surface area contributed by atoms with Crippen LogP contribution in [0.1, 0.15) is 13.8 Å². The molecule has 0 bridgehead atoms. The van der Waals surface area contributed by atoms with Gasteiger partial charge in [-0.05, 0) is 13.8 Å². The molecule has 0 aromatic heterocycles. The highest BCUT2D eigenvalue weighted by Gasteiger charge is 2.26. The zero-order valence-electron chi connectivity index (χ0n) is 7.50. The molecule has 0 aromatic rings. The zero-order chi connectivity index (χ0) is 10.0. The van der Waals surface area contributed by atoms with Crippen LogP contribution in [0.5, 0.6) is 0 Å². The molecule has 13 heavy (non-hydrogen) atoms. The van der Waals surface area contributed by atoms with E-state index < -0.39 is 6.17 Å². The van der Waals surface area contributed by atoms with E-state index in [0.717, 1.165) is 0 Å². The van der Waals surface area contributed by atoms with Gasteiger partial charge in [-0.1, -0.05) is 4.48 Å². The van der Waals surface area contributed by atoms with Gasteiger partial charge in [0.2, 0.25) is 5.84 Å². The van der Waals surface area contributed by atoms with E-state index in [-0.39, 0.29) is 17.6 Å². The van der Waals surface area contributed by atoms with Gasteiger partial charge in [0.1, 0.15) is 11.9 Å². The molecule has 0 fully saturated rings. The molecule has 0 amide bonds. The Hall–Kier alpha value is -1.21. The van der Waals surface area contributed by atoms with Crippen LogP contribution in [0.25, 0.3) is 0 Å². The van der Waals surface area contributed by atoms with Crippen LogP contribution in [0.2, 0.25) is 0 Å². The lowest BCUT2D eigenvalue weighted by molar-refractivity contribution is 0.0839. The summed E-state index contributed by atoms with van der Waals surface area (Å²) in [6, 6.07) is -0.369. The van der Waals surface area contributed by atoms with Gasteiger partial charge in [-0.2, -0.15) is 10.5 Å². The molecule has 1 atom stereocenters. The zero-order valence-corrected chi connectivity index (χ0v) is 7.50. The van der Waals surface area contributed by atoms with Crippen LogP contribution in [-0.2, 0) is 0 Å². The van der Waals surface area contributed by atoms with Gasteiger partial charge in [0.25, 0.3) is 0 Å². The lowest BCUT2D eigenvalue weighted by atomic mass is 10.2. The number of rotatable bonds is 1. The summed E-state index contributed by atoms with van der Waals surface area (Å²) >= 11 is 0. The van der Waals surface area contributed by atoms with E-state index >= 15 is 0 Å². The molecule has 0 saturated heterocycles. The van der Waals surface area contributed by atoms with Crippen LogP contribution < -0.4 is 16.7 Å². The number of halogens is 1. The molecule has 1 rings (SSSR count). The Labute approximate surface area is 75.4 Å². The summed E-state index contributed by atoms with van der Waals surface area (Å²) in [4.78, 5) is 0. The van der Waals surface area contributed by atoms with E-state index in [1.807, 2.05) is 0 Å². The second kappa shape index (κ2) is 3.67. The Morgan fingerprint density at radius 2 is 2.31 bits per heavy atom. The smallest absolute Gasteiger partial charge is 0.202 e. The number of hydrazine groups is 1. The quantitative estimate of drug-likeness (QED) is 0.410. The summed E-state index contributed by atoms with van der Waals surface area (Å²) in [5.41, 5.74) is 10.2. The molecule has 0 spiro atoms. The highest BCUT2D eigenvalue weighted by atomic mass is 19.2. The van der Waals surface area contributed by atoms with Gasteiger partial charge in [0.15, 0.2) is 0 Å². The number of hydrogen-bond acceptors (Lipinski definition) is 6. The minimum absolute atomic E-state index is 0.0741. The lowest BCUT2D eigenvalue weighted by Gasteiger charge is -2.26. The predicted molar refractivity (Wildman–Crippen MR) is 47.5 cm³/mol. The van der Waals surface area contributed by atoms with E-state index in [2.05, 4.69) is 16.1 Å². The van der Waals surface area contributed by atoms with Crippen LogP contribution in [0, 0.1) is 5.41 Å². The highest BCUT2D eigenvalue weighted by molar-refractivity contribution is 6.41. The third-order valence-electron chi connectivity index (χ3n) is 1.59. The van der Waals surface area contributed by atoms with Gasteiger partial charge in [0.05, 0.1) is 6.04 Å². The number of nitrogens with one attached hydrogen (secondary N) is 3. The normalized spacial score (nSPS) is 22.7. The summed E-state index contributed by atoms with van der Waals surface area (Å²) in [6.07, 6.45) is -0.732. The monoisotopic (exact) mass is 188 g/mol. The Morgan fingerprint density at radius 3 is 2.85 bits per heavy atom. The van der Waals surface area contributed by atoms with E-state index in [1.165, 1.54) is 0 Å². The molecule has 0 aliphatic carbocycles. The lowest BCUT2D eigenvalue weighted by Crippen LogP contribution is -2.58. The summed E-state index contributed by atoms with van der Waals surface area (Å²) in [5.74, 6) is -0.0822. The molecule has 6 nitrogen and oxygen atoms in total. The molecule has 7 heteroatoms. The molecule has 74 valence electrons. The Balaban J connectivity index is 2.79. The second-order valence-electron chi connectivity index (χ2n) is 2.99. The number of nitrogens with zero attached hydrogens (tertiary/aromatic N) is 2. The number of amidine groups is 1. The van der Waals surface area contributed by atoms with E-state index in [1.54, 1.807) is 13.8 Å². The Bertz CT molecular complexity index is 237. The van der Waals surface area contributed by atoms with E-state index in [0.29, 0.717) is 5.12 Å². The summed E-state index contributed by atoms with van der Waals surface area (Å²) in [5, 5.41) is 11.4. The van der Waals surface area contributed by atoms with Crippen LogP contribution in [-0.4, -0.2) is 28.9 Å². The molecule has 0 saturated carbocycles. The van der Waals surface area contributed by atoms with Gasteiger partial charge in [-0.3, -0.25) is 5.41 Å². The second-order valence-corrected chi connectivity index (χ2v) is 2.99. The number of hydrazone groups is 1. The van der Waals surface area contributed by atoms with Gasteiger partial charge in [-0.15, -0.1) is 5.10 Å². The molecule has 1 unspecified atom stereocenters. The van der Waals surface area contributed by atoms with Crippen molar-refractivity contribution in [2.24, 2.45) is 10.8 Å². The predicted octanol–water partition coefficient (Wildman–Crippen LogP) is -0.693. The average Bonchev–Trinajstić information content (AvgIpc) is 2.08. The Kier molecular flexibility index (Phi) is 2.79. The van der Waals surface area contributed by atoms with Gasteiger partial charge in [-0.25, -0.2) is 5.53 Å². The molecule has 1 heterocycles. The molecular weight excluding hydrogens is 175 g/mol. The third-order valence-corrected chi connectivity index (χ3v) is 1.59. The first kappa shape index (κ1) is 9.87. The van der Waals surface area contributed by atoms with E-state index in [4.69, 9.17) is 11.1 Å². The van der Waals surface area contributed by atoms with Crippen molar-refractivity contribution in [1.29, 1.82) is 5.41 Å². The van der Waals surface area contributed by atoms with Gasteiger partial charge >= 0.3 is 0 Å². The van der Waals surface area contributed by atoms with Crippen LogP contribution in [0.15, 0.2) is 5.10 Å². The minimum Gasteiger partial charge on any atom is -0.309 e. The molecule has 5 N–H and O–H groups in total. The largest absolute Gasteiger partial charge is 0.309 e. The average molecular weight is 188 g/mol. The van der Waals surface area contributed by atoms with E-state index in [9.17, 15) is 4.48 Å². The van der Waals surface area contributed by atoms with Crippen LogP contribution in [0.4, 0.5) is 4.48 Å². The first-order valence-corrected chi connectivity index (χ1v) is 3.91. The first-order valence-electron chi connectivity index (χ1n) is 3.91. The SMILES string of the molecule is CC(C)N(F)C1=NNNC(N)C1=N. The van der Waals surface area contributed by atoms with Crippen molar-refractivity contribution in [2.75, 3.05) is 0 Å². The van der Waals surface area contributed by atoms with Gasteiger partial charge < -0.3 is 5.73 Å².